The summed E-state index contributed by atoms with van der Waals surface area (Å²) in [5.41, 5.74) is 3.93. The van der Waals surface area contributed by atoms with Gasteiger partial charge in [0.05, 0.1) is 27.4 Å². The van der Waals surface area contributed by atoms with Gasteiger partial charge < -0.3 is 4.57 Å². The average Bonchev–Trinajstić information content (AvgIpc) is 3.24. The third-order valence-corrected chi connectivity index (χ3v) is 5.77. The van der Waals surface area contributed by atoms with E-state index in [4.69, 9.17) is 34.8 Å². The lowest BCUT2D eigenvalue weighted by Gasteiger charge is -2.25. The van der Waals surface area contributed by atoms with Crippen LogP contribution < -0.4 is 0 Å². The minimum atomic E-state index is -0.189. The summed E-state index contributed by atoms with van der Waals surface area (Å²) < 4.78 is 2.02. The summed E-state index contributed by atoms with van der Waals surface area (Å²) in [4.78, 5) is 4.23. The second-order valence-electron chi connectivity index (χ2n) is 6.14. The summed E-state index contributed by atoms with van der Waals surface area (Å²) in [6.07, 6.45) is 5.46. The Kier molecular flexibility index (Phi) is 5.22. The zero-order valence-corrected chi connectivity index (χ0v) is 16.5. The highest BCUT2D eigenvalue weighted by molar-refractivity contribution is 6.48. The van der Waals surface area contributed by atoms with Gasteiger partial charge in [0.2, 0.25) is 0 Å². The molecule has 2 nitrogen and oxygen atoms in total. The summed E-state index contributed by atoms with van der Waals surface area (Å²) in [5, 5.41) is 1.24. The van der Waals surface area contributed by atoms with E-state index in [1.807, 2.05) is 65.4 Å². The fourth-order valence-electron chi connectivity index (χ4n) is 3.28. The van der Waals surface area contributed by atoms with Crippen LogP contribution in [0.1, 0.15) is 17.2 Å². The average molecular weight is 414 g/mol. The van der Waals surface area contributed by atoms with E-state index in [0.29, 0.717) is 15.1 Å². The van der Waals surface area contributed by atoms with Crippen molar-refractivity contribution in [2.24, 2.45) is 0 Å². The van der Waals surface area contributed by atoms with Crippen molar-refractivity contribution >= 4 is 34.8 Å². The molecule has 0 saturated heterocycles. The SMILES string of the molecule is Clc1cc(-c2ccccc2)c(C(c2ccccc2)n2ccnc2)c(Cl)c1Cl. The highest BCUT2D eigenvalue weighted by Crippen LogP contribution is 2.45. The standard InChI is InChI=1S/C22H15Cl3N2/c23-18-13-17(15-7-3-1-4-8-15)19(21(25)20(18)24)22(27-12-11-26-14-27)16-9-5-2-6-10-16/h1-14,22H. The van der Waals surface area contributed by atoms with Gasteiger partial charge in [0.1, 0.15) is 0 Å². The van der Waals surface area contributed by atoms with Crippen LogP contribution in [0.5, 0.6) is 0 Å². The van der Waals surface area contributed by atoms with Gasteiger partial charge in [-0.1, -0.05) is 95.5 Å². The number of hydrogen-bond donors (Lipinski definition) is 0. The van der Waals surface area contributed by atoms with Crippen molar-refractivity contribution in [2.45, 2.75) is 6.04 Å². The van der Waals surface area contributed by atoms with Crippen LogP contribution >= 0.6 is 34.8 Å². The van der Waals surface area contributed by atoms with Gasteiger partial charge in [-0.3, -0.25) is 0 Å². The van der Waals surface area contributed by atoms with Gasteiger partial charge in [0, 0.05) is 18.0 Å². The number of rotatable bonds is 4. The van der Waals surface area contributed by atoms with Gasteiger partial charge in [-0.05, 0) is 22.8 Å². The molecule has 0 fully saturated rings. The second-order valence-corrected chi connectivity index (χ2v) is 7.30. The zero-order valence-electron chi connectivity index (χ0n) is 14.2. The van der Waals surface area contributed by atoms with Crippen LogP contribution in [0.3, 0.4) is 0 Å². The molecule has 0 amide bonds. The molecule has 0 aliphatic carbocycles. The monoisotopic (exact) mass is 412 g/mol. The van der Waals surface area contributed by atoms with Crippen LogP contribution in [0.2, 0.25) is 15.1 Å². The van der Waals surface area contributed by atoms with Crippen LogP contribution in [0, 0.1) is 0 Å². The normalized spacial score (nSPS) is 12.1. The molecule has 134 valence electrons. The maximum Gasteiger partial charge on any atom is 0.0954 e. The lowest BCUT2D eigenvalue weighted by atomic mass is 9.90. The van der Waals surface area contributed by atoms with Gasteiger partial charge in [0.25, 0.3) is 0 Å². The van der Waals surface area contributed by atoms with E-state index in [0.717, 1.165) is 22.3 Å². The Bertz CT molecular complexity index is 1050. The summed E-state index contributed by atoms with van der Waals surface area (Å²) in [6, 6.07) is 21.9. The van der Waals surface area contributed by atoms with Crippen LogP contribution in [-0.2, 0) is 0 Å². The molecule has 0 radical (unpaired) electrons. The zero-order chi connectivity index (χ0) is 18.8. The fraction of sp³-hybridized carbons (Fsp3) is 0.0455. The molecular weight excluding hydrogens is 399 g/mol. The number of benzene rings is 3. The molecule has 0 aliphatic heterocycles. The Labute approximate surface area is 173 Å². The molecule has 1 atom stereocenters. The van der Waals surface area contributed by atoms with Crippen LogP contribution in [0.25, 0.3) is 11.1 Å². The smallest absolute Gasteiger partial charge is 0.0954 e. The molecule has 1 aromatic heterocycles. The number of hydrogen-bond acceptors (Lipinski definition) is 1. The van der Waals surface area contributed by atoms with Gasteiger partial charge in [0.15, 0.2) is 0 Å². The van der Waals surface area contributed by atoms with E-state index < -0.39 is 0 Å². The predicted molar refractivity (Wildman–Crippen MR) is 113 cm³/mol. The Balaban J connectivity index is 2.04. The molecule has 4 rings (SSSR count). The fourth-order valence-corrected chi connectivity index (χ4v) is 3.99. The molecule has 0 N–H and O–H groups in total. The highest BCUT2D eigenvalue weighted by atomic mass is 35.5. The lowest BCUT2D eigenvalue weighted by Crippen LogP contribution is -2.13. The Morgan fingerprint density at radius 3 is 2.11 bits per heavy atom. The van der Waals surface area contributed by atoms with Crippen molar-refractivity contribution in [3.8, 4) is 11.1 Å². The van der Waals surface area contributed by atoms with Crippen molar-refractivity contribution in [3.63, 3.8) is 0 Å². The van der Waals surface area contributed by atoms with Crippen molar-refractivity contribution in [1.29, 1.82) is 0 Å². The van der Waals surface area contributed by atoms with Crippen molar-refractivity contribution < 1.29 is 0 Å². The topological polar surface area (TPSA) is 17.8 Å². The first-order valence-corrected chi connectivity index (χ1v) is 9.55. The van der Waals surface area contributed by atoms with E-state index in [1.165, 1.54) is 0 Å². The highest BCUT2D eigenvalue weighted by Gasteiger charge is 2.25. The maximum atomic E-state index is 6.76. The van der Waals surface area contributed by atoms with Gasteiger partial charge in [-0.2, -0.15) is 0 Å². The minimum absolute atomic E-state index is 0.189. The third-order valence-electron chi connectivity index (χ3n) is 4.50. The van der Waals surface area contributed by atoms with Crippen molar-refractivity contribution in [3.05, 3.63) is 112 Å². The molecule has 0 saturated carbocycles. The number of imidazole rings is 1. The van der Waals surface area contributed by atoms with Crippen LogP contribution in [-0.4, -0.2) is 9.55 Å². The number of aromatic nitrogens is 2. The first-order valence-electron chi connectivity index (χ1n) is 8.42. The first-order chi connectivity index (χ1) is 13.2. The van der Waals surface area contributed by atoms with E-state index in [2.05, 4.69) is 17.1 Å². The van der Waals surface area contributed by atoms with E-state index in [1.54, 1.807) is 12.5 Å². The largest absolute Gasteiger partial charge is 0.326 e. The maximum absolute atomic E-state index is 6.76. The van der Waals surface area contributed by atoms with Gasteiger partial charge in [-0.15, -0.1) is 0 Å². The molecule has 0 spiro atoms. The summed E-state index contributed by atoms with van der Waals surface area (Å²) in [6.45, 7) is 0. The predicted octanol–water partition coefficient (Wildman–Crippen LogP) is 7.15. The molecule has 1 unspecified atom stereocenters. The quantitative estimate of drug-likeness (QED) is 0.325. The molecule has 27 heavy (non-hydrogen) atoms. The van der Waals surface area contributed by atoms with Gasteiger partial charge >= 0.3 is 0 Å². The Morgan fingerprint density at radius 1 is 0.815 bits per heavy atom. The Morgan fingerprint density at radius 2 is 1.48 bits per heavy atom. The molecule has 1 heterocycles. The van der Waals surface area contributed by atoms with Crippen LogP contribution in [0.4, 0.5) is 0 Å². The van der Waals surface area contributed by atoms with E-state index >= 15 is 0 Å². The molecule has 0 bridgehead atoms. The molecule has 0 aliphatic rings. The summed E-state index contributed by atoms with van der Waals surface area (Å²) in [5.74, 6) is 0. The molecule has 3 aromatic carbocycles. The number of halogens is 3. The summed E-state index contributed by atoms with van der Waals surface area (Å²) >= 11 is 19.6. The number of nitrogens with zero attached hydrogens (tertiary/aromatic N) is 2. The van der Waals surface area contributed by atoms with Crippen LogP contribution in [0.15, 0.2) is 85.5 Å². The first kappa shape index (κ1) is 18.1. The second kappa shape index (κ2) is 7.77. The van der Waals surface area contributed by atoms with Gasteiger partial charge in [-0.25, -0.2) is 4.98 Å². The van der Waals surface area contributed by atoms with Crippen molar-refractivity contribution in [2.75, 3.05) is 0 Å². The lowest BCUT2D eigenvalue weighted by molar-refractivity contribution is 0.678. The Hall–Kier alpha value is -2.26. The molecule has 4 aromatic rings. The van der Waals surface area contributed by atoms with E-state index in [-0.39, 0.29) is 6.04 Å². The van der Waals surface area contributed by atoms with E-state index in [9.17, 15) is 0 Å². The summed E-state index contributed by atoms with van der Waals surface area (Å²) in [7, 11) is 0. The van der Waals surface area contributed by atoms with Crippen molar-refractivity contribution in [1.82, 2.24) is 9.55 Å². The molecule has 5 heteroatoms. The molecular formula is C22H15Cl3N2. The minimum Gasteiger partial charge on any atom is -0.326 e. The third kappa shape index (κ3) is 3.49.